The van der Waals surface area contributed by atoms with E-state index in [9.17, 15) is 4.79 Å². The Morgan fingerprint density at radius 3 is 2.73 bits per heavy atom. The fourth-order valence-corrected chi connectivity index (χ4v) is 3.25. The highest BCUT2D eigenvalue weighted by Gasteiger charge is 2.04. The van der Waals surface area contributed by atoms with Crippen LogP contribution in [0.5, 0.6) is 5.75 Å². The third kappa shape index (κ3) is 5.69. The Bertz CT molecular complexity index is 628. The minimum absolute atomic E-state index is 0.136. The van der Waals surface area contributed by atoms with Crippen LogP contribution in [0, 0.1) is 0 Å². The highest BCUT2D eigenvalue weighted by molar-refractivity contribution is 9.10. The molecule has 2 amide bonds. The first-order valence-corrected chi connectivity index (χ1v) is 8.70. The topological polar surface area (TPSA) is 50.4 Å². The molecule has 0 radical (unpaired) electrons. The van der Waals surface area contributed by atoms with Gasteiger partial charge in [0, 0.05) is 21.3 Å². The predicted octanol–water partition coefficient (Wildman–Crippen LogP) is 4.30. The molecule has 2 rings (SSSR count). The van der Waals surface area contributed by atoms with E-state index < -0.39 is 0 Å². The highest BCUT2D eigenvalue weighted by Crippen LogP contribution is 2.19. The third-order valence-electron chi connectivity index (χ3n) is 2.77. The van der Waals surface area contributed by atoms with Crippen LogP contribution in [0.4, 0.5) is 4.79 Å². The largest absolute Gasteiger partial charge is 0.491 e. The second kappa shape index (κ2) is 8.19. The van der Waals surface area contributed by atoms with Crippen LogP contribution < -0.4 is 15.4 Å². The number of urea groups is 1. The molecule has 0 bridgehead atoms. The van der Waals surface area contributed by atoms with Crippen LogP contribution in [-0.4, -0.2) is 12.1 Å². The van der Waals surface area contributed by atoms with E-state index >= 15 is 0 Å². The van der Waals surface area contributed by atoms with E-state index in [1.807, 2.05) is 49.6 Å². The number of amides is 2. The van der Waals surface area contributed by atoms with Crippen molar-refractivity contribution in [2.45, 2.75) is 33.0 Å². The Balaban J connectivity index is 1.78. The van der Waals surface area contributed by atoms with Gasteiger partial charge >= 0.3 is 6.03 Å². The molecule has 0 saturated carbocycles. The molecule has 118 valence electrons. The van der Waals surface area contributed by atoms with E-state index in [0.29, 0.717) is 13.1 Å². The molecule has 0 aliphatic heterocycles. The lowest BCUT2D eigenvalue weighted by atomic mass is 10.2. The molecule has 0 atom stereocenters. The number of hydrogen-bond acceptors (Lipinski definition) is 3. The minimum atomic E-state index is -0.181. The van der Waals surface area contributed by atoms with Gasteiger partial charge in [-0.2, -0.15) is 0 Å². The highest BCUT2D eigenvalue weighted by atomic mass is 79.9. The van der Waals surface area contributed by atoms with Gasteiger partial charge in [-0.3, -0.25) is 0 Å². The smallest absolute Gasteiger partial charge is 0.315 e. The van der Waals surface area contributed by atoms with Crippen molar-refractivity contribution in [1.29, 1.82) is 0 Å². The molecule has 22 heavy (non-hydrogen) atoms. The third-order valence-corrected chi connectivity index (χ3v) is 4.47. The average Bonchev–Trinajstić information content (AvgIpc) is 2.88. The Morgan fingerprint density at radius 2 is 2.05 bits per heavy atom. The van der Waals surface area contributed by atoms with E-state index in [4.69, 9.17) is 4.74 Å². The van der Waals surface area contributed by atoms with Crippen molar-refractivity contribution in [2.75, 3.05) is 0 Å². The van der Waals surface area contributed by atoms with Gasteiger partial charge in [0.1, 0.15) is 5.75 Å². The Kier molecular flexibility index (Phi) is 6.27. The first kappa shape index (κ1) is 16.8. The second-order valence-electron chi connectivity index (χ2n) is 5.08. The number of rotatable bonds is 6. The number of nitrogens with one attached hydrogen (secondary N) is 2. The van der Waals surface area contributed by atoms with E-state index in [1.165, 1.54) is 0 Å². The molecule has 6 heteroatoms. The molecule has 2 N–H and O–H groups in total. The maximum atomic E-state index is 11.8. The Labute approximate surface area is 143 Å². The fraction of sp³-hybridized carbons (Fsp3) is 0.312. The molecule has 0 unspecified atom stereocenters. The van der Waals surface area contributed by atoms with Gasteiger partial charge in [-0.05, 0) is 53.5 Å². The van der Waals surface area contributed by atoms with Crippen molar-refractivity contribution in [3.63, 3.8) is 0 Å². The van der Waals surface area contributed by atoms with Gasteiger partial charge in [-0.15, -0.1) is 11.3 Å². The van der Waals surface area contributed by atoms with E-state index in [-0.39, 0.29) is 12.1 Å². The monoisotopic (exact) mass is 382 g/mol. The normalized spacial score (nSPS) is 10.5. The van der Waals surface area contributed by atoms with Crippen LogP contribution in [0.1, 0.15) is 24.3 Å². The van der Waals surface area contributed by atoms with Crippen molar-refractivity contribution in [2.24, 2.45) is 0 Å². The number of halogens is 1. The molecule has 0 saturated heterocycles. The molecule has 0 fully saturated rings. The van der Waals surface area contributed by atoms with Gasteiger partial charge in [0.2, 0.25) is 0 Å². The summed E-state index contributed by atoms with van der Waals surface area (Å²) in [5.74, 6) is 0.818. The number of ether oxygens (including phenoxy) is 1. The van der Waals surface area contributed by atoms with Crippen molar-refractivity contribution < 1.29 is 9.53 Å². The van der Waals surface area contributed by atoms with Gasteiger partial charge in [-0.25, -0.2) is 4.79 Å². The predicted molar refractivity (Wildman–Crippen MR) is 93.3 cm³/mol. The van der Waals surface area contributed by atoms with Gasteiger partial charge < -0.3 is 15.4 Å². The zero-order chi connectivity index (χ0) is 15.9. The first-order valence-electron chi connectivity index (χ1n) is 7.03. The van der Waals surface area contributed by atoms with Crippen LogP contribution in [0.3, 0.4) is 0 Å². The SMILES string of the molecule is CC(C)Oc1cccc(CNC(=O)NCc2cc(Br)cs2)c1. The molecule has 2 aromatic rings. The summed E-state index contributed by atoms with van der Waals surface area (Å²) in [5.41, 5.74) is 1.01. The Morgan fingerprint density at radius 1 is 1.27 bits per heavy atom. The molecule has 0 aliphatic carbocycles. The maximum absolute atomic E-state index is 11.8. The lowest BCUT2D eigenvalue weighted by Gasteiger charge is -2.11. The fourth-order valence-electron chi connectivity index (χ4n) is 1.86. The van der Waals surface area contributed by atoms with Crippen molar-refractivity contribution in [3.8, 4) is 5.75 Å². The maximum Gasteiger partial charge on any atom is 0.315 e. The average molecular weight is 383 g/mol. The molecular formula is C16H19BrN2O2S. The molecule has 4 nitrogen and oxygen atoms in total. The number of carbonyl (C=O) groups is 1. The van der Waals surface area contributed by atoms with Crippen LogP contribution in [0.2, 0.25) is 0 Å². The van der Waals surface area contributed by atoms with Crippen LogP contribution >= 0.6 is 27.3 Å². The number of carbonyl (C=O) groups excluding carboxylic acids is 1. The zero-order valence-electron chi connectivity index (χ0n) is 12.6. The first-order chi connectivity index (χ1) is 10.5. The van der Waals surface area contributed by atoms with Gasteiger partial charge in [0.15, 0.2) is 0 Å². The summed E-state index contributed by atoms with van der Waals surface area (Å²) in [5, 5.41) is 7.68. The molecule has 0 spiro atoms. The summed E-state index contributed by atoms with van der Waals surface area (Å²) in [6.07, 6.45) is 0.136. The molecule has 1 aromatic carbocycles. The van der Waals surface area contributed by atoms with E-state index in [1.54, 1.807) is 11.3 Å². The van der Waals surface area contributed by atoms with Gasteiger partial charge in [0.25, 0.3) is 0 Å². The van der Waals surface area contributed by atoms with Crippen molar-refractivity contribution >= 4 is 33.3 Å². The summed E-state index contributed by atoms with van der Waals surface area (Å²) in [6, 6.07) is 9.56. The van der Waals surface area contributed by atoms with Crippen molar-refractivity contribution in [1.82, 2.24) is 10.6 Å². The van der Waals surface area contributed by atoms with E-state index in [2.05, 4.69) is 26.6 Å². The molecular weight excluding hydrogens is 364 g/mol. The quantitative estimate of drug-likeness (QED) is 0.782. The van der Waals surface area contributed by atoms with Crippen molar-refractivity contribution in [3.05, 3.63) is 50.6 Å². The summed E-state index contributed by atoms with van der Waals surface area (Å²) < 4.78 is 6.68. The molecule has 1 heterocycles. The summed E-state index contributed by atoms with van der Waals surface area (Å²) in [7, 11) is 0. The minimum Gasteiger partial charge on any atom is -0.491 e. The number of hydrogen-bond donors (Lipinski definition) is 2. The zero-order valence-corrected chi connectivity index (χ0v) is 15.0. The second-order valence-corrected chi connectivity index (χ2v) is 6.99. The summed E-state index contributed by atoms with van der Waals surface area (Å²) >= 11 is 5.00. The van der Waals surface area contributed by atoms with E-state index in [0.717, 1.165) is 20.7 Å². The number of thiophene rings is 1. The summed E-state index contributed by atoms with van der Waals surface area (Å²) in [4.78, 5) is 12.9. The van der Waals surface area contributed by atoms with Crippen LogP contribution in [0.15, 0.2) is 40.2 Å². The van der Waals surface area contributed by atoms with Crippen LogP contribution in [-0.2, 0) is 13.1 Å². The molecule has 0 aliphatic rings. The molecule has 1 aromatic heterocycles. The lowest BCUT2D eigenvalue weighted by molar-refractivity contribution is 0.239. The van der Waals surface area contributed by atoms with Gasteiger partial charge in [0.05, 0.1) is 12.6 Å². The van der Waals surface area contributed by atoms with Gasteiger partial charge in [-0.1, -0.05) is 12.1 Å². The summed E-state index contributed by atoms with van der Waals surface area (Å²) in [6.45, 7) is 4.97. The number of benzene rings is 1. The standard InChI is InChI=1S/C16H19BrN2O2S/c1-11(2)21-14-5-3-4-12(6-14)8-18-16(20)19-9-15-7-13(17)10-22-15/h3-7,10-11H,8-9H2,1-2H3,(H2,18,19,20). The van der Waals surface area contributed by atoms with Crippen LogP contribution in [0.25, 0.3) is 0 Å². The lowest BCUT2D eigenvalue weighted by Crippen LogP contribution is -2.34. The Hall–Kier alpha value is -1.53.